The molecule has 2 rings (SSSR count). The van der Waals surface area contributed by atoms with Crippen molar-refractivity contribution in [3.8, 4) is 0 Å². The fourth-order valence-electron chi connectivity index (χ4n) is 1.78. The zero-order chi connectivity index (χ0) is 12.4. The van der Waals surface area contributed by atoms with E-state index in [1.165, 1.54) is 17.0 Å². The lowest BCUT2D eigenvalue weighted by Gasteiger charge is -2.35. The number of aliphatic hydroxyl groups excluding tert-OH is 1. The minimum absolute atomic E-state index is 0.112. The second kappa shape index (κ2) is 4.79. The molecule has 1 fully saturated rings. The average Bonchev–Trinajstić information content (AvgIpc) is 2.23. The van der Waals surface area contributed by atoms with Gasteiger partial charge in [-0.3, -0.25) is 4.79 Å². The van der Waals surface area contributed by atoms with Crippen LogP contribution in [0.2, 0.25) is 0 Å². The SMILES string of the molecule is O=C(CCc1ccc(F)cc1F)N1CC(O)C1. The molecule has 0 bridgehead atoms. The summed E-state index contributed by atoms with van der Waals surface area (Å²) in [6.45, 7) is 0.704. The quantitative estimate of drug-likeness (QED) is 0.861. The van der Waals surface area contributed by atoms with Gasteiger partial charge in [0.25, 0.3) is 0 Å². The van der Waals surface area contributed by atoms with Crippen LogP contribution in [0.3, 0.4) is 0 Å². The van der Waals surface area contributed by atoms with Gasteiger partial charge in [-0.05, 0) is 18.1 Å². The molecule has 1 heterocycles. The third-order valence-corrected chi connectivity index (χ3v) is 2.84. The van der Waals surface area contributed by atoms with Crippen LogP contribution in [0.5, 0.6) is 0 Å². The summed E-state index contributed by atoms with van der Waals surface area (Å²) >= 11 is 0. The predicted molar refractivity (Wildman–Crippen MR) is 57.3 cm³/mol. The van der Waals surface area contributed by atoms with Gasteiger partial charge in [-0.25, -0.2) is 8.78 Å². The summed E-state index contributed by atoms with van der Waals surface area (Å²) in [4.78, 5) is 13.1. The number of benzene rings is 1. The molecule has 1 aromatic carbocycles. The zero-order valence-corrected chi connectivity index (χ0v) is 9.20. The van der Waals surface area contributed by atoms with Crippen LogP contribution < -0.4 is 0 Å². The van der Waals surface area contributed by atoms with Crippen LogP contribution in [-0.2, 0) is 11.2 Å². The first-order chi connectivity index (χ1) is 8.06. The number of β-amino-alcohol motifs (C(OH)–C–C–N with tert-alkyl or cyclic N) is 1. The molecule has 0 unspecified atom stereocenters. The van der Waals surface area contributed by atoms with Crippen molar-refractivity contribution in [1.82, 2.24) is 4.90 Å². The molecule has 17 heavy (non-hydrogen) atoms. The predicted octanol–water partition coefficient (Wildman–Crippen LogP) is 1.10. The number of hydrogen-bond acceptors (Lipinski definition) is 2. The number of aryl methyl sites for hydroxylation is 1. The van der Waals surface area contributed by atoms with Crippen LogP contribution in [0.25, 0.3) is 0 Å². The van der Waals surface area contributed by atoms with Crippen molar-refractivity contribution in [2.75, 3.05) is 13.1 Å². The number of carbonyl (C=O) groups excluding carboxylic acids is 1. The minimum Gasteiger partial charge on any atom is -0.389 e. The fourth-order valence-corrected chi connectivity index (χ4v) is 1.78. The van der Waals surface area contributed by atoms with Crippen molar-refractivity contribution < 1.29 is 18.7 Å². The molecular weight excluding hydrogens is 228 g/mol. The molecule has 1 saturated heterocycles. The Morgan fingerprint density at radius 2 is 2.12 bits per heavy atom. The van der Waals surface area contributed by atoms with Gasteiger partial charge in [0.1, 0.15) is 11.6 Å². The van der Waals surface area contributed by atoms with Gasteiger partial charge in [-0.2, -0.15) is 0 Å². The number of aliphatic hydroxyl groups is 1. The van der Waals surface area contributed by atoms with Crippen molar-refractivity contribution >= 4 is 5.91 Å². The largest absolute Gasteiger partial charge is 0.389 e. The highest BCUT2D eigenvalue weighted by Crippen LogP contribution is 2.14. The molecule has 0 atom stereocenters. The lowest BCUT2D eigenvalue weighted by atomic mass is 10.1. The van der Waals surface area contributed by atoms with Gasteiger partial charge in [0.05, 0.1) is 6.10 Å². The van der Waals surface area contributed by atoms with Gasteiger partial charge in [0, 0.05) is 25.6 Å². The Hall–Kier alpha value is -1.49. The van der Waals surface area contributed by atoms with E-state index in [2.05, 4.69) is 0 Å². The van der Waals surface area contributed by atoms with E-state index in [4.69, 9.17) is 5.11 Å². The highest BCUT2D eigenvalue weighted by molar-refractivity contribution is 5.77. The summed E-state index contributed by atoms with van der Waals surface area (Å²) in [5, 5.41) is 9.03. The van der Waals surface area contributed by atoms with Crippen molar-refractivity contribution in [3.05, 3.63) is 35.4 Å². The molecule has 5 heteroatoms. The number of halogens is 2. The van der Waals surface area contributed by atoms with Crippen LogP contribution in [-0.4, -0.2) is 35.1 Å². The van der Waals surface area contributed by atoms with Crippen LogP contribution in [0.1, 0.15) is 12.0 Å². The number of amides is 1. The molecule has 3 nitrogen and oxygen atoms in total. The first-order valence-electron chi connectivity index (χ1n) is 5.46. The Labute approximate surface area is 97.7 Å². The summed E-state index contributed by atoms with van der Waals surface area (Å²) in [5.74, 6) is -1.36. The maximum absolute atomic E-state index is 13.3. The van der Waals surface area contributed by atoms with Gasteiger partial charge in [0.2, 0.25) is 5.91 Å². The number of likely N-dealkylation sites (tertiary alicyclic amines) is 1. The summed E-state index contributed by atoms with van der Waals surface area (Å²) in [5.41, 5.74) is 0.334. The Morgan fingerprint density at radius 3 is 2.71 bits per heavy atom. The minimum atomic E-state index is -0.624. The average molecular weight is 241 g/mol. The van der Waals surface area contributed by atoms with Gasteiger partial charge in [0.15, 0.2) is 0 Å². The molecule has 0 aromatic heterocycles. The van der Waals surface area contributed by atoms with Crippen LogP contribution in [0, 0.1) is 11.6 Å². The van der Waals surface area contributed by atoms with Gasteiger partial charge in [-0.15, -0.1) is 0 Å². The molecule has 0 aliphatic carbocycles. The topological polar surface area (TPSA) is 40.5 Å². The molecule has 92 valence electrons. The summed E-state index contributed by atoms with van der Waals surface area (Å²) in [6, 6.07) is 3.34. The van der Waals surface area contributed by atoms with Crippen LogP contribution in [0.15, 0.2) is 18.2 Å². The molecule has 0 saturated carbocycles. The Morgan fingerprint density at radius 1 is 1.41 bits per heavy atom. The van der Waals surface area contributed by atoms with E-state index in [0.717, 1.165) is 6.07 Å². The van der Waals surface area contributed by atoms with E-state index in [1.807, 2.05) is 0 Å². The molecule has 1 N–H and O–H groups in total. The third kappa shape index (κ3) is 2.79. The fraction of sp³-hybridized carbons (Fsp3) is 0.417. The highest BCUT2D eigenvalue weighted by atomic mass is 19.1. The Balaban J connectivity index is 1.87. The molecule has 0 radical (unpaired) electrons. The Kier molecular flexibility index (Phi) is 3.38. The molecule has 0 spiro atoms. The monoisotopic (exact) mass is 241 g/mol. The number of nitrogens with zero attached hydrogens (tertiary/aromatic N) is 1. The van der Waals surface area contributed by atoms with E-state index in [9.17, 15) is 13.6 Å². The maximum atomic E-state index is 13.3. The number of rotatable bonds is 3. The summed E-state index contributed by atoms with van der Waals surface area (Å²) in [6.07, 6.45) is -0.00573. The van der Waals surface area contributed by atoms with E-state index >= 15 is 0 Å². The third-order valence-electron chi connectivity index (χ3n) is 2.84. The van der Waals surface area contributed by atoms with E-state index in [0.29, 0.717) is 18.7 Å². The molecule has 1 aliphatic heterocycles. The van der Waals surface area contributed by atoms with Crippen LogP contribution in [0.4, 0.5) is 8.78 Å². The maximum Gasteiger partial charge on any atom is 0.223 e. The van der Waals surface area contributed by atoms with Crippen molar-refractivity contribution in [2.45, 2.75) is 18.9 Å². The van der Waals surface area contributed by atoms with Gasteiger partial charge < -0.3 is 10.0 Å². The Bertz CT molecular complexity index is 431. The lowest BCUT2D eigenvalue weighted by Crippen LogP contribution is -2.53. The van der Waals surface area contributed by atoms with Gasteiger partial charge in [-0.1, -0.05) is 6.07 Å². The normalized spacial score (nSPS) is 15.8. The molecule has 1 aliphatic rings. The van der Waals surface area contributed by atoms with Crippen molar-refractivity contribution in [2.24, 2.45) is 0 Å². The second-order valence-corrected chi connectivity index (χ2v) is 4.19. The van der Waals surface area contributed by atoms with E-state index in [1.54, 1.807) is 0 Å². The summed E-state index contributed by atoms with van der Waals surface area (Å²) < 4.78 is 25.9. The zero-order valence-electron chi connectivity index (χ0n) is 9.20. The van der Waals surface area contributed by atoms with E-state index < -0.39 is 17.7 Å². The van der Waals surface area contributed by atoms with Gasteiger partial charge >= 0.3 is 0 Å². The number of carbonyl (C=O) groups is 1. The molecule has 1 aromatic rings. The molecule has 1 amide bonds. The standard InChI is InChI=1S/C12H13F2NO2/c13-9-3-1-8(11(14)5-9)2-4-12(17)15-6-10(16)7-15/h1,3,5,10,16H,2,4,6-7H2. The first kappa shape index (κ1) is 12.0. The highest BCUT2D eigenvalue weighted by Gasteiger charge is 2.28. The lowest BCUT2D eigenvalue weighted by molar-refractivity contribution is -0.141. The van der Waals surface area contributed by atoms with Crippen LogP contribution >= 0.6 is 0 Å². The first-order valence-corrected chi connectivity index (χ1v) is 5.46. The van der Waals surface area contributed by atoms with E-state index in [-0.39, 0.29) is 18.7 Å². The second-order valence-electron chi connectivity index (χ2n) is 4.19. The van der Waals surface area contributed by atoms with Crippen molar-refractivity contribution in [1.29, 1.82) is 0 Å². The molecular formula is C12H13F2NO2. The smallest absolute Gasteiger partial charge is 0.223 e. The number of hydrogen-bond donors (Lipinski definition) is 1. The summed E-state index contributed by atoms with van der Waals surface area (Å²) in [7, 11) is 0. The van der Waals surface area contributed by atoms with Crippen molar-refractivity contribution in [3.63, 3.8) is 0 Å².